The number of fused-ring (bicyclic) bond motifs is 12. The van der Waals surface area contributed by atoms with E-state index in [4.69, 9.17) is 17.7 Å². The van der Waals surface area contributed by atoms with Gasteiger partial charge in [0.25, 0.3) is 0 Å². The van der Waals surface area contributed by atoms with Gasteiger partial charge >= 0.3 is 0 Å². The van der Waals surface area contributed by atoms with E-state index in [0.29, 0.717) is 11.8 Å². The number of rotatable bonds is 16. The van der Waals surface area contributed by atoms with Crippen LogP contribution in [-0.4, -0.2) is 0 Å². The van der Waals surface area contributed by atoms with E-state index < -0.39 is 0 Å². The summed E-state index contributed by atoms with van der Waals surface area (Å²) in [6.45, 7) is 0. The fourth-order valence-electron chi connectivity index (χ4n) is 23.1. The predicted octanol–water partition coefficient (Wildman–Crippen LogP) is 37.3. The Balaban J connectivity index is 0.000000137. The van der Waals surface area contributed by atoms with Crippen LogP contribution in [0.3, 0.4) is 0 Å². The molecule has 2 aliphatic carbocycles. The molecule has 2 aliphatic rings. The van der Waals surface area contributed by atoms with Crippen LogP contribution in [0.1, 0.15) is 74.3 Å². The summed E-state index contributed by atoms with van der Waals surface area (Å²) < 4.78 is 27.4. The lowest BCUT2D eigenvalue weighted by molar-refractivity contribution is 0.668. The molecule has 0 spiro atoms. The van der Waals surface area contributed by atoms with Crippen molar-refractivity contribution in [1.29, 1.82) is 0 Å². The number of furan rings is 4. The van der Waals surface area contributed by atoms with E-state index in [-0.39, 0.29) is 0 Å². The number of para-hydroxylation sites is 12. The quantitative estimate of drug-likeness (QED) is 0.0887. The first kappa shape index (κ1) is 77.3. The zero-order chi connectivity index (χ0) is 88.0. The van der Waals surface area contributed by atoms with Crippen LogP contribution in [0.2, 0.25) is 0 Å². The third kappa shape index (κ3) is 12.4. The molecule has 4 heterocycles. The predicted molar refractivity (Wildman–Crippen MR) is 561 cm³/mol. The van der Waals surface area contributed by atoms with Crippen LogP contribution in [0.25, 0.3) is 175 Å². The van der Waals surface area contributed by atoms with Crippen molar-refractivity contribution in [2.24, 2.45) is 0 Å². The molecule has 0 saturated heterocycles. The topological polar surface area (TPSA) is 65.5 Å². The Hall–Kier alpha value is -16.7. The van der Waals surface area contributed by atoms with Crippen molar-refractivity contribution in [3.63, 3.8) is 0 Å². The van der Waals surface area contributed by atoms with Crippen molar-refractivity contribution in [3.8, 4) is 22.3 Å². The zero-order valence-corrected chi connectivity index (χ0v) is 73.6. The van der Waals surface area contributed by atoms with E-state index in [9.17, 15) is 0 Å². The molecular formula is C126H88N4O4. The number of benzene rings is 22. The van der Waals surface area contributed by atoms with Gasteiger partial charge in [0.05, 0.1) is 56.9 Å². The minimum atomic E-state index is 0.480. The Morgan fingerprint density at radius 1 is 0.179 bits per heavy atom. The van der Waals surface area contributed by atoms with Crippen molar-refractivity contribution >= 4 is 221 Å². The normalized spacial score (nSPS) is 13.4. The van der Waals surface area contributed by atoms with E-state index in [1.807, 2.05) is 12.1 Å². The second-order valence-electron chi connectivity index (χ2n) is 36.4. The Kier molecular flexibility index (Phi) is 18.2. The van der Waals surface area contributed by atoms with Crippen LogP contribution in [0, 0.1) is 0 Å². The third-order valence-electron chi connectivity index (χ3n) is 29.1. The minimum Gasteiger partial charge on any atom is -0.454 e. The van der Waals surface area contributed by atoms with E-state index >= 15 is 0 Å². The molecule has 0 unspecified atom stereocenters. The fourth-order valence-corrected chi connectivity index (χ4v) is 23.1. The fraction of sp³-hybridized carbons (Fsp3) is 0.0794. The summed E-state index contributed by atoms with van der Waals surface area (Å²) in [5, 5.41) is 23.9. The van der Waals surface area contributed by atoms with Crippen LogP contribution in [0.15, 0.2) is 442 Å². The van der Waals surface area contributed by atoms with E-state index in [1.54, 1.807) is 0 Å². The van der Waals surface area contributed by atoms with Gasteiger partial charge in [0.2, 0.25) is 0 Å². The first-order valence-electron chi connectivity index (χ1n) is 47.2. The molecule has 0 atom stereocenters. The van der Waals surface area contributed by atoms with E-state index in [0.717, 1.165) is 178 Å². The van der Waals surface area contributed by atoms with Gasteiger partial charge < -0.3 is 37.3 Å². The Labute approximate surface area is 773 Å². The molecule has 0 aliphatic heterocycles. The maximum absolute atomic E-state index is 6.86. The second-order valence-corrected chi connectivity index (χ2v) is 36.4. The number of nitrogens with zero attached hydrogens (tertiary/aromatic N) is 4. The molecule has 26 aromatic rings. The maximum Gasteiger partial charge on any atom is 0.159 e. The monoisotopic (exact) mass is 1720 g/mol. The van der Waals surface area contributed by atoms with Crippen molar-refractivity contribution in [1.82, 2.24) is 0 Å². The van der Waals surface area contributed by atoms with Crippen molar-refractivity contribution in [2.75, 3.05) is 19.6 Å². The molecule has 8 nitrogen and oxygen atoms in total. The molecule has 0 bridgehead atoms. The molecule has 28 rings (SSSR count). The van der Waals surface area contributed by atoms with Crippen LogP contribution >= 0.6 is 0 Å². The largest absolute Gasteiger partial charge is 0.454 e. The van der Waals surface area contributed by atoms with Gasteiger partial charge in [0.15, 0.2) is 22.3 Å². The van der Waals surface area contributed by atoms with Crippen LogP contribution in [0.5, 0.6) is 0 Å². The van der Waals surface area contributed by atoms with Crippen molar-refractivity contribution in [3.05, 3.63) is 436 Å². The number of hydrogen-bond donors (Lipinski definition) is 0. The lowest BCUT2D eigenvalue weighted by Gasteiger charge is -2.32. The number of anilines is 12. The third-order valence-corrected chi connectivity index (χ3v) is 29.1. The highest BCUT2D eigenvalue weighted by atomic mass is 16.3. The van der Waals surface area contributed by atoms with Crippen molar-refractivity contribution in [2.45, 2.75) is 63.2 Å². The van der Waals surface area contributed by atoms with E-state index in [2.05, 4.69) is 432 Å². The summed E-state index contributed by atoms with van der Waals surface area (Å²) in [5.74, 6) is 0.960. The molecule has 0 N–H and O–H groups in total. The summed E-state index contributed by atoms with van der Waals surface area (Å²) in [4.78, 5) is 9.83. The highest BCUT2D eigenvalue weighted by molar-refractivity contribution is 6.32. The van der Waals surface area contributed by atoms with Crippen LogP contribution in [-0.2, 0) is 0 Å². The molecule has 134 heavy (non-hydrogen) atoms. The summed E-state index contributed by atoms with van der Waals surface area (Å²) in [6.07, 6.45) is 9.86. The molecule has 8 heteroatoms. The van der Waals surface area contributed by atoms with E-state index in [1.165, 1.54) is 128 Å². The Bertz CT molecular complexity index is 8550. The Morgan fingerprint density at radius 2 is 0.448 bits per heavy atom. The summed E-state index contributed by atoms with van der Waals surface area (Å²) in [7, 11) is 0. The zero-order valence-electron chi connectivity index (χ0n) is 73.6. The highest BCUT2D eigenvalue weighted by Gasteiger charge is 2.34. The molecule has 0 amide bonds. The Morgan fingerprint density at radius 3 is 0.806 bits per heavy atom. The molecule has 0 radical (unpaired) electrons. The second kappa shape index (κ2) is 31.6. The molecule has 22 aromatic carbocycles. The van der Waals surface area contributed by atoms with Gasteiger partial charge in [-0.1, -0.05) is 341 Å². The van der Waals surface area contributed by atoms with Crippen molar-refractivity contribution < 1.29 is 17.7 Å². The van der Waals surface area contributed by atoms with Gasteiger partial charge in [-0.2, -0.15) is 0 Å². The van der Waals surface area contributed by atoms with Gasteiger partial charge in [-0.3, -0.25) is 0 Å². The van der Waals surface area contributed by atoms with Crippen LogP contribution in [0.4, 0.5) is 68.2 Å². The number of hydrogen-bond acceptors (Lipinski definition) is 8. The van der Waals surface area contributed by atoms with Gasteiger partial charge in [-0.05, 0) is 212 Å². The molecule has 2 fully saturated rings. The van der Waals surface area contributed by atoms with Gasteiger partial charge in [0.1, 0.15) is 22.3 Å². The summed E-state index contributed by atoms with van der Waals surface area (Å²) in [5.41, 5.74) is 27.4. The maximum atomic E-state index is 6.86. The molecule has 636 valence electrons. The molecular weight excluding hydrogens is 1630 g/mol. The average molecular weight is 1720 g/mol. The first-order chi connectivity index (χ1) is 66.5. The first-order valence-corrected chi connectivity index (χ1v) is 47.2. The molecule has 4 aromatic heterocycles. The summed E-state index contributed by atoms with van der Waals surface area (Å²) >= 11 is 0. The van der Waals surface area contributed by atoms with Gasteiger partial charge in [0, 0.05) is 87.1 Å². The highest BCUT2D eigenvalue weighted by Crippen LogP contribution is 2.58. The lowest BCUT2D eigenvalue weighted by atomic mass is 9.82. The average Bonchev–Trinajstić information content (AvgIpc) is 0.943. The van der Waals surface area contributed by atoms with Gasteiger partial charge in [-0.25, -0.2) is 0 Å². The SMILES string of the molecule is c1ccc(-c2ccccc2N(c2ccc3ccc4c(N(c5ccccc5-c5ccccc5)c5cccc6c5oc5ccccc56)ccc5ccc2c3c54)c2cccc3c2oc2ccccc23)cc1.c1ccc(N(c2cc(C3CCCC3)c3ccc4c(N(c5ccccc5)c5cccc6c5oc5ccccc56)cc(C5CCCC5)c5ccc2c3c54)c2cccc3c2oc2ccccc23)cc1. The summed E-state index contributed by atoms with van der Waals surface area (Å²) in [6, 6.07) is 154. The molecule has 2 saturated carbocycles. The van der Waals surface area contributed by atoms with Crippen LogP contribution < -0.4 is 19.6 Å². The minimum absolute atomic E-state index is 0.480. The lowest BCUT2D eigenvalue weighted by Crippen LogP contribution is -2.13. The van der Waals surface area contributed by atoms with Gasteiger partial charge in [-0.15, -0.1) is 0 Å². The smallest absolute Gasteiger partial charge is 0.159 e. The standard InChI is InChI=1S/C64H40N2O2.C62H48N2O2/c1-3-17-41(18-4-1)45-21-7-11-27-53(45)65(57-29-15-25-49-47-23-9-13-31-59(47)67-63(49)57)55-39-35-43-34-38-52-56(40-36-44-33-37-51(55)61(43)62(44)52)66(54-28-12-8-22-46(54)42-19-5-2-6-20-42)58-30-16-26-50-48-24-10-14-32-60(48)68-64(50)58;1-3-21-41(22-4-1)63(53-29-15-27-47-43-25-11-13-31-57(43)65-61(47)53)55-37-51(39-17-7-8-18-39)45-34-36-50-56(38-52(40-19-9-10-20-40)46-33-35-49(55)59(45)60(46)50)64(42-23-5-2-6-24-42)54-30-16-28-48-44-26-12-14-32-58(44)66-62(48)54/h1-40H;1-6,11-16,21-40H,7-10,17-20H2.